The van der Waals surface area contributed by atoms with Crippen LogP contribution in [-0.2, 0) is 7.65 Å². The van der Waals surface area contributed by atoms with Gasteiger partial charge in [0.05, 0.1) is 0 Å². The van der Waals surface area contributed by atoms with E-state index in [0.29, 0.717) is 6.03 Å². The summed E-state index contributed by atoms with van der Waals surface area (Å²) in [6.07, 6.45) is 0. The quantitative estimate of drug-likeness (QED) is 0.260. The molecule has 5 heteroatoms. The van der Waals surface area contributed by atoms with E-state index in [1.807, 2.05) is 0 Å². The molecule has 0 heterocycles. The van der Waals surface area contributed by atoms with Crippen molar-refractivity contribution in [3.63, 3.8) is 0 Å². The van der Waals surface area contributed by atoms with Gasteiger partial charge in [0.2, 0.25) is 0 Å². The third kappa shape index (κ3) is 2.94. The van der Waals surface area contributed by atoms with Crippen molar-refractivity contribution in [3.05, 3.63) is 0 Å². The van der Waals surface area contributed by atoms with Gasteiger partial charge in [-0.1, -0.05) is 0 Å². The normalized spacial score (nSPS) is 10.8. The van der Waals surface area contributed by atoms with Crippen LogP contribution >= 0.6 is 30.5 Å². The molecular formula is CHBIO2P. The van der Waals surface area contributed by atoms with Gasteiger partial charge in [0.1, 0.15) is 0 Å². The third-order valence-electron chi connectivity index (χ3n) is 0.184. The second kappa shape index (κ2) is 3.90. The van der Waals surface area contributed by atoms with E-state index in [2.05, 4.69) is 2.85 Å². The van der Waals surface area contributed by atoms with Crippen LogP contribution in [0.2, 0.25) is 0 Å². The molecule has 0 fully saturated rings. The number of rotatable bonds is 0. The van der Waals surface area contributed by atoms with Crippen molar-refractivity contribution < 1.29 is 7.65 Å². The zero-order valence-electron chi connectivity index (χ0n) is 2.80. The van der Waals surface area contributed by atoms with Gasteiger partial charge in [-0.05, 0) is 0 Å². The molecule has 0 aromatic heterocycles. The Hall–Kier alpha value is 0.725. The van der Waals surface area contributed by atoms with Gasteiger partial charge in [0, 0.05) is 0 Å². The zero-order chi connectivity index (χ0) is 4.99. The van der Waals surface area contributed by atoms with Gasteiger partial charge in [0.25, 0.3) is 0 Å². The third-order valence-corrected chi connectivity index (χ3v) is 1.92. The van der Waals surface area contributed by atoms with E-state index in [-0.39, 0.29) is 0 Å². The van der Waals surface area contributed by atoms with Crippen molar-refractivity contribution in [2.75, 3.05) is 0 Å². The average molecular weight is 214 g/mol. The van der Waals surface area contributed by atoms with Crippen LogP contribution in [-0.4, -0.2) is 13.0 Å². The Bertz CT molecular complexity index is 104. The minimum atomic E-state index is -1.27. The molecule has 0 radical (unpaired) electrons. The molecule has 0 spiro atoms. The van der Waals surface area contributed by atoms with Crippen molar-refractivity contribution in [1.82, 2.24) is 0 Å². The predicted molar refractivity (Wildman–Crippen MR) is 34.5 cm³/mol. The Balaban J connectivity index is 3.34. The number of hydrogen-bond acceptors (Lipinski definition) is 2. The molecule has 0 aromatic rings. The Morgan fingerprint density at radius 1 is 2.00 bits per heavy atom. The van der Waals surface area contributed by atoms with Crippen LogP contribution in [0.15, 0.2) is 0 Å². The second-order valence-electron chi connectivity index (χ2n) is 0.534. The van der Waals surface area contributed by atoms with Gasteiger partial charge in [-0.2, -0.15) is 0 Å². The van der Waals surface area contributed by atoms with Gasteiger partial charge < -0.3 is 0 Å². The molecule has 0 rings (SSSR count). The maximum atomic E-state index is 9.51. The summed E-state index contributed by atoms with van der Waals surface area (Å²) < 4.78 is 4.34. The van der Waals surface area contributed by atoms with Crippen LogP contribution in [0.25, 0.3) is 0 Å². The van der Waals surface area contributed by atoms with Crippen molar-refractivity contribution in [3.8, 4) is 0 Å². The van der Waals surface area contributed by atoms with Crippen molar-refractivity contribution in [2.45, 2.75) is 0 Å². The number of hydrogen-bond donors (Lipinski definition) is 0. The first-order valence-corrected chi connectivity index (χ1v) is 3.37. The minimum absolute atomic E-state index is 0.585. The molecule has 0 N–H and O–H groups in total. The van der Waals surface area contributed by atoms with Gasteiger partial charge in [-0.15, -0.1) is 0 Å². The standard InChI is InChI=1S/CHBIO2P/c2-6(1-4)5-3/h1H. The predicted octanol–water partition coefficient (Wildman–Crippen LogP) is 1.02. The summed E-state index contributed by atoms with van der Waals surface area (Å²) in [4.78, 5) is 9.51. The van der Waals surface area contributed by atoms with Gasteiger partial charge in [-0.25, -0.2) is 0 Å². The summed E-state index contributed by atoms with van der Waals surface area (Å²) >= 11 is 1.59. The van der Waals surface area contributed by atoms with E-state index in [1.165, 1.54) is 0 Å². The maximum absolute atomic E-state index is 9.51. The second-order valence-corrected chi connectivity index (χ2v) is 2.78. The monoisotopic (exact) mass is 214 g/mol. The summed E-state index contributed by atoms with van der Waals surface area (Å²) in [5.41, 5.74) is 0. The first-order chi connectivity index (χ1) is 2.81. The van der Waals surface area contributed by atoms with E-state index in [9.17, 15) is 4.79 Å². The Morgan fingerprint density at radius 3 is 2.50 bits per heavy atom. The van der Waals surface area contributed by atoms with Crippen LogP contribution in [0.4, 0.5) is 0 Å². The van der Waals surface area contributed by atoms with Gasteiger partial charge in [0.15, 0.2) is 0 Å². The molecule has 1 unspecified atom stereocenters. The molecule has 1 atom stereocenters. The summed E-state index contributed by atoms with van der Waals surface area (Å²) in [5, 5.41) is 0. The molecule has 0 saturated heterocycles. The SMILES string of the molecule is B#P(C=O)OI. The first-order valence-electron chi connectivity index (χ1n) is 1.09. The fourth-order valence-electron chi connectivity index (χ4n) is 0.0163. The van der Waals surface area contributed by atoms with Crippen molar-refractivity contribution in [1.29, 1.82) is 0 Å². The number of carbonyl (C=O) groups excluding carboxylic acids is 1. The number of carbonyl (C=O) groups is 1. The van der Waals surface area contributed by atoms with E-state index in [0.717, 1.165) is 0 Å². The van der Waals surface area contributed by atoms with Crippen LogP contribution in [0, 0.1) is 0 Å². The Labute approximate surface area is 51.4 Å². The average Bonchev–Trinajstić information content (AvgIpc) is 1.65. The van der Waals surface area contributed by atoms with E-state index < -0.39 is 7.46 Å². The van der Waals surface area contributed by atoms with E-state index in [4.69, 9.17) is 7.01 Å². The molecule has 32 valence electrons. The Morgan fingerprint density at radius 2 is 2.50 bits per heavy atom. The van der Waals surface area contributed by atoms with Crippen molar-refractivity contribution >= 4 is 43.5 Å². The van der Waals surface area contributed by atoms with Crippen LogP contribution in [0.3, 0.4) is 0 Å². The molecule has 0 aliphatic carbocycles. The number of halogens is 1. The van der Waals surface area contributed by atoms with E-state index in [1.54, 1.807) is 23.0 Å². The van der Waals surface area contributed by atoms with Crippen molar-refractivity contribution in [2.24, 2.45) is 0 Å². The summed E-state index contributed by atoms with van der Waals surface area (Å²) in [6, 6.07) is 0.585. The fourth-order valence-corrected chi connectivity index (χ4v) is 0.327. The summed E-state index contributed by atoms with van der Waals surface area (Å²) in [5.74, 6) is 0. The van der Waals surface area contributed by atoms with E-state index >= 15 is 0 Å². The molecule has 0 bridgehead atoms. The molecule has 0 aromatic carbocycles. The molecular weight excluding hydrogens is 213 g/mol. The van der Waals surface area contributed by atoms with Crippen LogP contribution in [0.5, 0.6) is 0 Å². The fraction of sp³-hybridized carbons (Fsp3) is 0. The zero-order valence-corrected chi connectivity index (χ0v) is 5.85. The first kappa shape index (κ1) is 6.72. The molecule has 6 heavy (non-hydrogen) atoms. The molecule has 0 aliphatic heterocycles. The van der Waals surface area contributed by atoms with Crippen LogP contribution < -0.4 is 0 Å². The summed E-state index contributed by atoms with van der Waals surface area (Å²) in [6.45, 7) is 0. The Kier molecular flexibility index (Phi) is 4.37. The van der Waals surface area contributed by atoms with Crippen LogP contribution in [0.1, 0.15) is 0 Å². The topological polar surface area (TPSA) is 26.3 Å². The molecule has 2 nitrogen and oxygen atoms in total. The molecule has 0 aliphatic rings. The summed E-state index contributed by atoms with van der Waals surface area (Å²) in [7, 11) is 3.67. The van der Waals surface area contributed by atoms with Gasteiger partial charge in [-0.3, -0.25) is 0 Å². The van der Waals surface area contributed by atoms with Gasteiger partial charge >= 0.3 is 51.2 Å². The molecule has 0 amide bonds. The molecule has 0 saturated carbocycles.